The van der Waals surface area contributed by atoms with Crippen molar-refractivity contribution in [1.82, 2.24) is 0 Å². The van der Waals surface area contributed by atoms with Crippen molar-refractivity contribution in [1.29, 1.82) is 0 Å². The van der Waals surface area contributed by atoms with Crippen LogP contribution >= 0.6 is 23.2 Å². The highest BCUT2D eigenvalue weighted by Gasteiger charge is 2.05. The van der Waals surface area contributed by atoms with Crippen LogP contribution in [-0.4, -0.2) is 5.24 Å². The molecule has 14 heavy (non-hydrogen) atoms. The highest BCUT2D eigenvalue weighted by atomic mass is 35.5. The Morgan fingerprint density at radius 3 is 2.50 bits per heavy atom. The first-order valence-corrected chi connectivity index (χ1v) is 5.22. The van der Waals surface area contributed by atoms with E-state index in [9.17, 15) is 4.79 Å². The van der Waals surface area contributed by atoms with Crippen LogP contribution in [0.15, 0.2) is 18.2 Å². The molecule has 1 aromatic rings. The average molecular weight is 231 g/mol. The molecule has 1 rings (SSSR count). The van der Waals surface area contributed by atoms with Crippen molar-refractivity contribution in [3.63, 3.8) is 0 Å². The summed E-state index contributed by atoms with van der Waals surface area (Å²) in [7, 11) is 0. The summed E-state index contributed by atoms with van der Waals surface area (Å²) in [5.74, 6) is 0.401. The molecule has 0 aliphatic rings. The summed E-state index contributed by atoms with van der Waals surface area (Å²) in [6.45, 7) is 4.16. The van der Waals surface area contributed by atoms with Crippen LogP contribution in [0, 0.1) is 0 Å². The molecule has 0 heterocycles. The van der Waals surface area contributed by atoms with Crippen LogP contribution in [0.4, 0.5) is 0 Å². The van der Waals surface area contributed by atoms with Gasteiger partial charge >= 0.3 is 0 Å². The molecule has 0 N–H and O–H groups in total. The van der Waals surface area contributed by atoms with Gasteiger partial charge in [0.15, 0.2) is 0 Å². The summed E-state index contributed by atoms with van der Waals surface area (Å²) < 4.78 is 0. The molecular formula is C11H12Cl2O. The molecule has 3 heteroatoms. The standard InChI is InChI=1S/C11H12Cl2O/c1-7(2)9-3-8(5-11(13)14)4-10(12)6-9/h3-4,6-7H,5H2,1-2H3. The predicted molar refractivity (Wildman–Crippen MR) is 60.1 cm³/mol. The molecule has 1 nitrogen and oxygen atoms in total. The third-order valence-corrected chi connectivity index (χ3v) is 2.34. The summed E-state index contributed by atoms with van der Waals surface area (Å²) in [5, 5.41) is 0.297. The van der Waals surface area contributed by atoms with E-state index in [0.717, 1.165) is 11.1 Å². The van der Waals surface area contributed by atoms with Crippen molar-refractivity contribution in [3.05, 3.63) is 34.3 Å². The number of hydrogen-bond donors (Lipinski definition) is 0. The highest BCUT2D eigenvalue weighted by Crippen LogP contribution is 2.22. The number of carbonyl (C=O) groups is 1. The molecule has 0 radical (unpaired) electrons. The molecule has 0 amide bonds. The fourth-order valence-electron chi connectivity index (χ4n) is 1.27. The molecule has 0 aliphatic carbocycles. The fourth-order valence-corrected chi connectivity index (χ4v) is 1.69. The molecule has 0 saturated heterocycles. The third kappa shape index (κ3) is 3.32. The van der Waals surface area contributed by atoms with Crippen LogP contribution < -0.4 is 0 Å². The Hall–Kier alpha value is -0.530. The van der Waals surface area contributed by atoms with Gasteiger partial charge in [0.2, 0.25) is 5.24 Å². The Labute approximate surface area is 94.0 Å². The van der Waals surface area contributed by atoms with Crippen LogP contribution in [0.5, 0.6) is 0 Å². The van der Waals surface area contributed by atoms with E-state index in [-0.39, 0.29) is 11.7 Å². The molecule has 0 unspecified atom stereocenters. The second-order valence-electron chi connectivity index (χ2n) is 3.58. The van der Waals surface area contributed by atoms with Crippen molar-refractivity contribution in [3.8, 4) is 0 Å². The maximum atomic E-state index is 10.7. The number of halogens is 2. The lowest BCUT2D eigenvalue weighted by Gasteiger charge is -2.08. The summed E-state index contributed by atoms with van der Waals surface area (Å²) in [4.78, 5) is 10.7. The van der Waals surface area contributed by atoms with Gasteiger partial charge in [0, 0.05) is 11.4 Å². The van der Waals surface area contributed by atoms with Crippen molar-refractivity contribution in [2.24, 2.45) is 0 Å². The van der Waals surface area contributed by atoms with E-state index in [1.807, 2.05) is 12.1 Å². The monoisotopic (exact) mass is 230 g/mol. The normalized spacial score (nSPS) is 10.6. The Morgan fingerprint density at radius 1 is 1.36 bits per heavy atom. The third-order valence-electron chi connectivity index (χ3n) is 1.99. The highest BCUT2D eigenvalue weighted by molar-refractivity contribution is 6.63. The van der Waals surface area contributed by atoms with Crippen LogP contribution in [0.3, 0.4) is 0 Å². The average Bonchev–Trinajstić information content (AvgIpc) is 2.01. The zero-order chi connectivity index (χ0) is 10.7. The lowest BCUT2D eigenvalue weighted by atomic mass is 10.00. The minimum atomic E-state index is -0.359. The van der Waals surface area contributed by atoms with Crippen molar-refractivity contribution < 1.29 is 4.79 Å². The molecule has 0 atom stereocenters. The molecule has 0 aromatic heterocycles. The van der Waals surface area contributed by atoms with E-state index in [0.29, 0.717) is 10.9 Å². The molecule has 0 aliphatic heterocycles. The van der Waals surface area contributed by atoms with Gasteiger partial charge in [-0.1, -0.05) is 31.5 Å². The second-order valence-corrected chi connectivity index (χ2v) is 4.44. The summed E-state index contributed by atoms with van der Waals surface area (Å²) in [5.41, 5.74) is 2.01. The van der Waals surface area contributed by atoms with Gasteiger partial charge in [0.1, 0.15) is 0 Å². The van der Waals surface area contributed by atoms with Gasteiger partial charge in [0.05, 0.1) is 0 Å². The maximum Gasteiger partial charge on any atom is 0.226 e. The molecule has 0 spiro atoms. The van der Waals surface area contributed by atoms with E-state index in [1.54, 1.807) is 6.07 Å². The van der Waals surface area contributed by atoms with Crippen LogP contribution in [-0.2, 0) is 11.2 Å². The smallest absolute Gasteiger partial charge is 0.226 e. The van der Waals surface area contributed by atoms with E-state index in [1.165, 1.54) is 0 Å². The largest absolute Gasteiger partial charge is 0.281 e. The van der Waals surface area contributed by atoms with Crippen LogP contribution in [0.2, 0.25) is 5.02 Å². The van der Waals surface area contributed by atoms with E-state index in [2.05, 4.69) is 13.8 Å². The summed E-state index contributed by atoms with van der Waals surface area (Å²) in [6, 6.07) is 5.65. The lowest BCUT2D eigenvalue weighted by Crippen LogP contribution is -1.96. The van der Waals surface area contributed by atoms with E-state index < -0.39 is 0 Å². The Kier molecular flexibility index (Phi) is 3.97. The first-order valence-electron chi connectivity index (χ1n) is 4.46. The van der Waals surface area contributed by atoms with Gasteiger partial charge in [-0.2, -0.15) is 0 Å². The first-order chi connectivity index (χ1) is 6.49. The number of hydrogen-bond acceptors (Lipinski definition) is 1. The van der Waals surface area contributed by atoms with E-state index >= 15 is 0 Å². The SMILES string of the molecule is CC(C)c1cc(Cl)cc(CC(=O)Cl)c1. The maximum absolute atomic E-state index is 10.7. The molecule has 0 fully saturated rings. The van der Waals surface area contributed by atoms with Gasteiger partial charge < -0.3 is 0 Å². The minimum Gasteiger partial charge on any atom is -0.281 e. The van der Waals surface area contributed by atoms with Gasteiger partial charge in [-0.3, -0.25) is 4.79 Å². The van der Waals surface area contributed by atoms with Gasteiger partial charge in [-0.15, -0.1) is 0 Å². The molecule has 0 bridgehead atoms. The molecule has 1 aromatic carbocycles. The zero-order valence-electron chi connectivity index (χ0n) is 8.18. The first kappa shape index (κ1) is 11.5. The Morgan fingerprint density at radius 2 is 2.00 bits per heavy atom. The number of benzene rings is 1. The molecular weight excluding hydrogens is 219 g/mol. The van der Waals surface area contributed by atoms with Gasteiger partial charge in [0.25, 0.3) is 0 Å². The zero-order valence-corrected chi connectivity index (χ0v) is 9.69. The lowest BCUT2D eigenvalue weighted by molar-refractivity contribution is -0.111. The Bertz CT molecular complexity index is 345. The van der Waals surface area contributed by atoms with Gasteiger partial charge in [-0.05, 0) is 40.8 Å². The predicted octanol–water partition coefficient (Wildman–Crippen LogP) is 3.77. The number of carbonyl (C=O) groups excluding carboxylic acids is 1. The van der Waals surface area contributed by atoms with Crippen molar-refractivity contribution in [2.75, 3.05) is 0 Å². The van der Waals surface area contributed by atoms with Gasteiger partial charge in [-0.25, -0.2) is 0 Å². The Balaban J connectivity index is 3.01. The minimum absolute atomic E-state index is 0.238. The van der Waals surface area contributed by atoms with Crippen molar-refractivity contribution in [2.45, 2.75) is 26.2 Å². The van der Waals surface area contributed by atoms with E-state index in [4.69, 9.17) is 23.2 Å². The fraction of sp³-hybridized carbons (Fsp3) is 0.364. The number of rotatable bonds is 3. The van der Waals surface area contributed by atoms with Crippen LogP contribution in [0.1, 0.15) is 30.9 Å². The van der Waals surface area contributed by atoms with Crippen LogP contribution in [0.25, 0.3) is 0 Å². The van der Waals surface area contributed by atoms with Crippen molar-refractivity contribution >= 4 is 28.4 Å². The summed E-state index contributed by atoms with van der Waals surface area (Å²) >= 11 is 11.2. The molecule has 0 saturated carbocycles. The topological polar surface area (TPSA) is 17.1 Å². The summed E-state index contributed by atoms with van der Waals surface area (Å²) in [6.07, 6.45) is 0.238. The second kappa shape index (κ2) is 4.81. The quantitative estimate of drug-likeness (QED) is 0.723. The molecule has 76 valence electrons.